The molecule has 0 unspecified atom stereocenters. The van der Waals surface area contributed by atoms with Gasteiger partial charge in [-0.1, -0.05) is 62.4 Å². The lowest BCUT2D eigenvalue weighted by Crippen LogP contribution is -2.43. The molecule has 3 N–H and O–H groups in total. The average molecular weight is 399 g/mol. The number of nitrogens with two attached hydrogens (primary N) is 1. The highest BCUT2D eigenvalue weighted by molar-refractivity contribution is 5.85. The molecule has 1 heterocycles. The SMILES string of the molecule is CC(C)[C@H](N)C(=O)NCc1ccccc1-c1ccc(Cn2ccnc2)cc1.Cl. The van der Waals surface area contributed by atoms with Gasteiger partial charge in [0.1, 0.15) is 0 Å². The summed E-state index contributed by atoms with van der Waals surface area (Å²) in [6.07, 6.45) is 5.55. The van der Waals surface area contributed by atoms with Gasteiger partial charge in [-0.05, 0) is 28.2 Å². The van der Waals surface area contributed by atoms with Crippen molar-refractivity contribution in [3.63, 3.8) is 0 Å². The first kappa shape index (κ1) is 21.7. The maximum atomic E-state index is 12.2. The molecule has 0 aliphatic rings. The van der Waals surface area contributed by atoms with E-state index in [0.29, 0.717) is 6.54 Å². The Kier molecular flexibility index (Phi) is 7.79. The maximum absolute atomic E-state index is 12.2. The minimum atomic E-state index is -0.486. The van der Waals surface area contributed by atoms with Gasteiger partial charge in [-0.2, -0.15) is 0 Å². The third-order valence-corrected chi connectivity index (χ3v) is 4.68. The second-order valence-electron chi connectivity index (χ2n) is 7.08. The fourth-order valence-electron chi connectivity index (χ4n) is 2.94. The molecule has 0 fully saturated rings. The molecule has 1 amide bonds. The number of nitrogens with one attached hydrogen (secondary N) is 1. The van der Waals surface area contributed by atoms with Crippen LogP contribution >= 0.6 is 12.4 Å². The van der Waals surface area contributed by atoms with Crippen LogP contribution in [0.1, 0.15) is 25.0 Å². The van der Waals surface area contributed by atoms with Crippen molar-refractivity contribution in [2.24, 2.45) is 11.7 Å². The van der Waals surface area contributed by atoms with Crippen LogP contribution in [0.2, 0.25) is 0 Å². The van der Waals surface area contributed by atoms with Crippen LogP contribution in [0.15, 0.2) is 67.3 Å². The lowest BCUT2D eigenvalue weighted by Gasteiger charge is -2.16. The summed E-state index contributed by atoms with van der Waals surface area (Å²) in [4.78, 5) is 16.2. The van der Waals surface area contributed by atoms with Crippen LogP contribution < -0.4 is 11.1 Å². The minimum absolute atomic E-state index is 0. The van der Waals surface area contributed by atoms with E-state index in [2.05, 4.69) is 40.6 Å². The number of carbonyl (C=O) groups is 1. The Morgan fingerprint density at radius 1 is 1.14 bits per heavy atom. The monoisotopic (exact) mass is 398 g/mol. The van der Waals surface area contributed by atoms with Crippen LogP contribution in [0, 0.1) is 5.92 Å². The van der Waals surface area contributed by atoms with Gasteiger partial charge < -0.3 is 15.6 Å². The number of imidazole rings is 1. The molecule has 2 aromatic carbocycles. The molecule has 6 heteroatoms. The van der Waals surface area contributed by atoms with Gasteiger partial charge in [0.25, 0.3) is 0 Å². The predicted octanol–water partition coefficient (Wildman–Crippen LogP) is 3.62. The smallest absolute Gasteiger partial charge is 0.237 e. The van der Waals surface area contributed by atoms with Gasteiger partial charge in [-0.15, -0.1) is 12.4 Å². The molecule has 1 aromatic heterocycles. The molecule has 0 radical (unpaired) electrons. The standard InChI is InChI=1S/C22H26N4O.ClH/c1-16(2)21(23)22(27)25-13-19-5-3-4-6-20(19)18-9-7-17(8-10-18)14-26-12-11-24-15-26;/h3-12,15-16,21H,13-14,23H2,1-2H3,(H,25,27);1H/t21-;/m0./s1. The van der Waals surface area contributed by atoms with Gasteiger partial charge in [0, 0.05) is 25.5 Å². The van der Waals surface area contributed by atoms with Crippen molar-refractivity contribution in [1.29, 1.82) is 0 Å². The van der Waals surface area contributed by atoms with E-state index >= 15 is 0 Å². The Morgan fingerprint density at radius 3 is 2.50 bits per heavy atom. The van der Waals surface area contributed by atoms with E-state index in [9.17, 15) is 4.79 Å². The third kappa shape index (κ3) is 5.44. The minimum Gasteiger partial charge on any atom is -0.351 e. The number of halogens is 1. The number of hydrogen-bond donors (Lipinski definition) is 2. The van der Waals surface area contributed by atoms with Crippen LogP contribution in [0.3, 0.4) is 0 Å². The molecule has 0 saturated carbocycles. The molecule has 1 atom stereocenters. The molecule has 0 saturated heterocycles. The highest BCUT2D eigenvalue weighted by Crippen LogP contribution is 2.24. The second kappa shape index (κ2) is 10.1. The van der Waals surface area contributed by atoms with Gasteiger partial charge in [0.2, 0.25) is 5.91 Å². The zero-order valence-corrected chi connectivity index (χ0v) is 17.0. The predicted molar refractivity (Wildman–Crippen MR) is 115 cm³/mol. The molecular formula is C22H27ClN4O. The van der Waals surface area contributed by atoms with Crippen LogP contribution in [-0.4, -0.2) is 21.5 Å². The number of aromatic nitrogens is 2. The largest absolute Gasteiger partial charge is 0.351 e. The fraction of sp³-hybridized carbons (Fsp3) is 0.273. The molecule has 28 heavy (non-hydrogen) atoms. The van der Waals surface area contributed by atoms with E-state index in [1.54, 1.807) is 6.20 Å². The number of carbonyl (C=O) groups excluding carboxylic acids is 1. The Hall–Kier alpha value is -2.63. The summed E-state index contributed by atoms with van der Waals surface area (Å²) in [5.74, 6) is -0.00114. The van der Waals surface area contributed by atoms with Crippen molar-refractivity contribution in [1.82, 2.24) is 14.9 Å². The lowest BCUT2D eigenvalue weighted by molar-refractivity contribution is -0.123. The first-order valence-electron chi connectivity index (χ1n) is 9.21. The molecule has 0 bridgehead atoms. The molecule has 148 valence electrons. The molecular weight excluding hydrogens is 372 g/mol. The summed E-state index contributed by atoms with van der Waals surface area (Å²) >= 11 is 0. The average Bonchev–Trinajstić information content (AvgIpc) is 3.19. The van der Waals surface area contributed by atoms with Crippen LogP contribution in [0.25, 0.3) is 11.1 Å². The van der Waals surface area contributed by atoms with E-state index in [1.807, 2.05) is 49.1 Å². The van der Waals surface area contributed by atoms with Crippen LogP contribution in [0.4, 0.5) is 0 Å². The summed E-state index contributed by atoms with van der Waals surface area (Å²) in [5, 5.41) is 2.96. The van der Waals surface area contributed by atoms with Crippen molar-refractivity contribution in [2.75, 3.05) is 0 Å². The molecule has 3 rings (SSSR count). The topological polar surface area (TPSA) is 72.9 Å². The van der Waals surface area contributed by atoms with Gasteiger partial charge in [-0.25, -0.2) is 4.98 Å². The van der Waals surface area contributed by atoms with E-state index in [1.165, 1.54) is 5.56 Å². The van der Waals surface area contributed by atoms with Crippen molar-refractivity contribution in [3.8, 4) is 11.1 Å². The zero-order valence-electron chi connectivity index (χ0n) is 16.2. The van der Waals surface area contributed by atoms with Gasteiger partial charge in [0.05, 0.1) is 12.4 Å². The molecule has 0 aliphatic carbocycles. The number of amides is 1. The Morgan fingerprint density at radius 2 is 1.86 bits per heavy atom. The van der Waals surface area contributed by atoms with Crippen molar-refractivity contribution < 1.29 is 4.79 Å². The number of hydrogen-bond acceptors (Lipinski definition) is 3. The van der Waals surface area contributed by atoms with Crippen LogP contribution in [-0.2, 0) is 17.9 Å². The number of benzene rings is 2. The summed E-state index contributed by atoms with van der Waals surface area (Å²) in [5.41, 5.74) is 10.5. The Balaban J connectivity index is 0.00000280. The summed E-state index contributed by atoms with van der Waals surface area (Å²) in [7, 11) is 0. The third-order valence-electron chi connectivity index (χ3n) is 4.68. The Bertz CT molecular complexity index is 876. The van der Waals surface area contributed by atoms with Crippen LogP contribution in [0.5, 0.6) is 0 Å². The van der Waals surface area contributed by atoms with E-state index in [4.69, 9.17) is 5.73 Å². The second-order valence-corrected chi connectivity index (χ2v) is 7.08. The van der Waals surface area contributed by atoms with Gasteiger partial charge in [-0.3, -0.25) is 4.79 Å². The van der Waals surface area contributed by atoms with E-state index in [-0.39, 0.29) is 24.2 Å². The molecule has 0 aliphatic heterocycles. The van der Waals surface area contributed by atoms with Gasteiger partial charge in [0.15, 0.2) is 0 Å². The summed E-state index contributed by atoms with van der Waals surface area (Å²) < 4.78 is 2.04. The maximum Gasteiger partial charge on any atom is 0.237 e. The van der Waals surface area contributed by atoms with Gasteiger partial charge >= 0.3 is 0 Å². The first-order chi connectivity index (χ1) is 13.0. The summed E-state index contributed by atoms with van der Waals surface area (Å²) in [6.45, 7) is 5.16. The Labute approximate surface area is 172 Å². The lowest BCUT2D eigenvalue weighted by atomic mass is 9.98. The highest BCUT2D eigenvalue weighted by atomic mass is 35.5. The zero-order chi connectivity index (χ0) is 19.2. The van der Waals surface area contributed by atoms with Crippen molar-refractivity contribution in [3.05, 3.63) is 78.4 Å². The van der Waals surface area contributed by atoms with Crippen molar-refractivity contribution >= 4 is 18.3 Å². The summed E-state index contributed by atoms with van der Waals surface area (Å²) in [6, 6.07) is 16.1. The van der Waals surface area contributed by atoms with E-state index < -0.39 is 6.04 Å². The first-order valence-corrected chi connectivity index (χ1v) is 9.21. The number of nitrogens with zero attached hydrogens (tertiary/aromatic N) is 2. The van der Waals surface area contributed by atoms with Crippen molar-refractivity contribution in [2.45, 2.75) is 33.0 Å². The quantitative estimate of drug-likeness (QED) is 0.638. The fourth-order valence-corrected chi connectivity index (χ4v) is 2.94. The number of rotatable bonds is 7. The normalized spacial score (nSPS) is 11.7. The van der Waals surface area contributed by atoms with E-state index in [0.717, 1.165) is 23.2 Å². The molecule has 5 nitrogen and oxygen atoms in total. The molecule has 0 spiro atoms. The highest BCUT2D eigenvalue weighted by Gasteiger charge is 2.17. The molecule has 3 aromatic rings.